The summed E-state index contributed by atoms with van der Waals surface area (Å²) < 4.78 is 11.1. The lowest BCUT2D eigenvalue weighted by atomic mass is 9.99. The van der Waals surface area contributed by atoms with Crippen LogP contribution in [0.1, 0.15) is 24.3 Å². The Kier molecular flexibility index (Phi) is 6.70. The first-order chi connectivity index (χ1) is 18.0. The van der Waals surface area contributed by atoms with E-state index in [1.165, 1.54) is 17.2 Å². The third kappa shape index (κ3) is 4.69. The van der Waals surface area contributed by atoms with Crippen LogP contribution in [0, 0.1) is 0 Å². The number of aliphatic hydroxyl groups excluding tert-OH is 1. The van der Waals surface area contributed by atoms with Crippen molar-refractivity contribution in [3.8, 4) is 5.75 Å². The van der Waals surface area contributed by atoms with Crippen LogP contribution in [0.2, 0.25) is 5.02 Å². The summed E-state index contributed by atoms with van der Waals surface area (Å²) in [6.07, 6.45) is 1.45. The number of ketones is 1. The van der Waals surface area contributed by atoms with E-state index in [4.69, 9.17) is 20.8 Å². The summed E-state index contributed by atoms with van der Waals surface area (Å²) in [4.78, 5) is 27.9. The van der Waals surface area contributed by atoms with Gasteiger partial charge in [-0.3, -0.25) is 14.5 Å². The van der Waals surface area contributed by atoms with E-state index in [-0.39, 0.29) is 16.2 Å². The van der Waals surface area contributed by atoms with Crippen molar-refractivity contribution in [2.75, 3.05) is 16.8 Å². The van der Waals surface area contributed by atoms with Gasteiger partial charge in [0.25, 0.3) is 11.7 Å². The summed E-state index contributed by atoms with van der Waals surface area (Å²) in [6, 6.07) is 23.8. The quantitative estimate of drug-likeness (QED) is 0.162. The Morgan fingerprint density at radius 1 is 1.00 bits per heavy atom. The highest BCUT2D eigenvalue weighted by Gasteiger charge is 2.48. The zero-order valence-electron chi connectivity index (χ0n) is 19.9. The minimum absolute atomic E-state index is 0.123. The average molecular weight is 515 g/mol. The summed E-state index contributed by atoms with van der Waals surface area (Å²) in [7, 11) is 0. The fourth-order valence-electron chi connectivity index (χ4n) is 4.30. The van der Waals surface area contributed by atoms with Crippen LogP contribution in [0.15, 0.2) is 101 Å². The molecule has 0 saturated carbocycles. The maximum Gasteiger partial charge on any atom is 0.300 e. The summed E-state index contributed by atoms with van der Waals surface area (Å²) >= 11 is 6.37. The van der Waals surface area contributed by atoms with E-state index in [1.807, 2.05) is 49.4 Å². The number of carbonyl (C=O) groups excluding carboxylic acids is 2. The molecule has 7 nitrogen and oxygen atoms in total. The normalized spacial score (nSPS) is 16.7. The molecule has 0 bridgehead atoms. The van der Waals surface area contributed by atoms with Crippen LogP contribution >= 0.6 is 11.6 Å². The zero-order valence-corrected chi connectivity index (χ0v) is 20.6. The number of para-hydroxylation sites is 1. The molecule has 4 aromatic rings. The molecule has 2 heterocycles. The Hall–Kier alpha value is -4.49. The topological polar surface area (TPSA) is 92.0 Å². The van der Waals surface area contributed by atoms with Crippen LogP contribution < -0.4 is 15.0 Å². The van der Waals surface area contributed by atoms with Gasteiger partial charge in [0.2, 0.25) is 0 Å². The first-order valence-electron chi connectivity index (χ1n) is 11.7. The van der Waals surface area contributed by atoms with Gasteiger partial charge in [-0.05, 0) is 73.7 Å². The number of carbonyl (C=O) groups is 2. The molecule has 1 amide bonds. The van der Waals surface area contributed by atoms with Gasteiger partial charge < -0.3 is 19.6 Å². The first kappa shape index (κ1) is 24.2. The van der Waals surface area contributed by atoms with Gasteiger partial charge in [-0.1, -0.05) is 29.8 Å². The number of ether oxygens (including phenoxy) is 1. The van der Waals surface area contributed by atoms with E-state index >= 15 is 0 Å². The fourth-order valence-corrected chi connectivity index (χ4v) is 4.50. The number of anilines is 3. The average Bonchev–Trinajstić information content (AvgIpc) is 3.53. The Balaban J connectivity index is 1.57. The van der Waals surface area contributed by atoms with Crippen LogP contribution in [-0.4, -0.2) is 23.4 Å². The van der Waals surface area contributed by atoms with Crippen molar-refractivity contribution in [3.63, 3.8) is 0 Å². The lowest BCUT2D eigenvalue weighted by Crippen LogP contribution is -2.29. The fraction of sp³-hybridized carbons (Fsp3) is 0.103. The Labute approximate surface area is 218 Å². The van der Waals surface area contributed by atoms with E-state index in [1.54, 1.807) is 36.4 Å². The van der Waals surface area contributed by atoms with Crippen LogP contribution in [0.4, 0.5) is 17.1 Å². The van der Waals surface area contributed by atoms with Crippen molar-refractivity contribution in [1.29, 1.82) is 0 Å². The minimum Gasteiger partial charge on any atom is -0.507 e. The molecule has 0 radical (unpaired) electrons. The number of hydrogen-bond acceptors (Lipinski definition) is 6. The number of halogens is 1. The number of Topliss-reactive ketones (excluding diaryl/α,β-unsaturated/α-hetero) is 1. The number of nitrogens with one attached hydrogen (secondary N) is 1. The number of rotatable bonds is 7. The number of aliphatic hydroxyl groups is 1. The van der Waals surface area contributed by atoms with E-state index in [2.05, 4.69) is 5.32 Å². The van der Waals surface area contributed by atoms with Crippen molar-refractivity contribution in [2.24, 2.45) is 0 Å². The van der Waals surface area contributed by atoms with E-state index in [0.29, 0.717) is 23.8 Å². The second kappa shape index (κ2) is 10.2. The van der Waals surface area contributed by atoms with Gasteiger partial charge in [-0.2, -0.15) is 0 Å². The van der Waals surface area contributed by atoms with Crippen molar-refractivity contribution in [3.05, 3.63) is 113 Å². The molecular weight excluding hydrogens is 492 g/mol. The molecule has 1 aliphatic heterocycles. The monoisotopic (exact) mass is 514 g/mol. The zero-order chi connectivity index (χ0) is 25.9. The molecule has 1 aromatic heterocycles. The molecule has 1 saturated heterocycles. The predicted molar refractivity (Wildman–Crippen MR) is 142 cm³/mol. The lowest BCUT2D eigenvalue weighted by Gasteiger charge is -2.23. The molecule has 1 atom stereocenters. The summed E-state index contributed by atoms with van der Waals surface area (Å²) in [6.45, 7) is 2.24. The van der Waals surface area contributed by atoms with Gasteiger partial charge in [-0.15, -0.1) is 0 Å². The van der Waals surface area contributed by atoms with Crippen molar-refractivity contribution in [2.45, 2.75) is 13.0 Å². The minimum atomic E-state index is -0.991. The molecule has 1 aliphatic rings. The van der Waals surface area contributed by atoms with Gasteiger partial charge in [0, 0.05) is 22.6 Å². The largest absolute Gasteiger partial charge is 0.507 e. The smallest absolute Gasteiger partial charge is 0.300 e. The van der Waals surface area contributed by atoms with Gasteiger partial charge >= 0.3 is 0 Å². The molecule has 37 heavy (non-hydrogen) atoms. The standard InChI is InChI=1S/C29H23ClN2O5/c1-2-36-21-14-15-23(30)22(17-21)27(33)25-26(24-9-6-16-37-24)32(29(35)28(25)34)20-12-10-19(11-13-20)31-18-7-4-3-5-8-18/h3-17,26,31,33H,2H2,1H3/b27-25-. The van der Waals surface area contributed by atoms with Crippen LogP contribution in [0.5, 0.6) is 5.75 Å². The highest BCUT2D eigenvalue weighted by atomic mass is 35.5. The second-order valence-corrected chi connectivity index (χ2v) is 8.70. The van der Waals surface area contributed by atoms with Gasteiger partial charge in [0.1, 0.15) is 23.3 Å². The Morgan fingerprint density at radius 2 is 1.73 bits per heavy atom. The highest BCUT2D eigenvalue weighted by Crippen LogP contribution is 2.43. The number of benzene rings is 3. The maximum absolute atomic E-state index is 13.3. The maximum atomic E-state index is 13.3. The molecule has 1 unspecified atom stereocenters. The van der Waals surface area contributed by atoms with Crippen LogP contribution in [0.3, 0.4) is 0 Å². The summed E-state index contributed by atoms with van der Waals surface area (Å²) in [5.74, 6) is -1.24. The summed E-state index contributed by atoms with van der Waals surface area (Å²) in [5, 5.41) is 14.8. The molecule has 0 spiro atoms. The molecular formula is C29H23ClN2O5. The van der Waals surface area contributed by atoms with Crippen molar-refractivity contribution >= 4 is 46.1 Å². The van der Waals surface area contributed by atoms with E-state index in [9.17, 15) is 14.7 Å². The molecule has 2 N–H and O–H groups in total. The van der Waals surface area contributed by atoms with Gasteiger partial charge in [-0.25, -0.2) is 0 Å². The summed E-state index contributed by atoms with van der Waals surface area (Å²) in [5.41, 5.74) is 2.25. The first-order valence-corrected chi connectivity index (χ1v) is 12.0. The van der Waals surface area contributed by atoms with E-state index < -0.39 is 23.5 Å². The third-order valence-electron chi connectivity index (χ3n) is 5.97. The molecule has 3 aromatic carbocycles. The molecule has 186 valence electrons. The molecule has 1 fully saturated rings. The number of furan rings is 1. The van der Waals surface area contributed by atoms with Crippen molar-refractivity contribution < 1.29 is 23.8 Å². The number of amides is 1. The van der Waals surface area contributed by atoms with Crippen LogP contribution in [-0.2, 0) is 9.59 Å². The third-order valence-corrected chi connectivity index (χ3v) is 6.30. The number of hydrogen-bond donors (Lipinski definition) is 2. The predicted octanol–water partition coefficient (Wildman–Crippen LogP) is 6.70. The Bertz CT molecular complexity index is 1460. The van der Waals surface area contributed by atoms with Crippen molar-refractivity contribution in [1.82, 2.24) is 0 Å². The lowest BCUT2D eigenvalue weighted by molar-refractivity contribution is -0.132. The molecule has 8 heteroatoms. The number of nitrogens with zero attached hydrogens (tertiary/aromatic N) is 1. The molecule has 5 rings (SSSR count). The van der Waals surface area contributed by atoms with Crippen LogP contribution in [0.25, 0.3) is 5.76 Å². The SMILES string of the molecule is CCOc1ccc(Cl)c(/C(O)=C2/C(=O)C(=O)N(c3ccc(Nc4ccccc4)cc3)C2c2ccco2)c1. The van der Waals surface area contributed by atoms with E-state index in [0.717, 1.165) is 11.4 Å². The second-order valence-electron chi connectivity index (χ2n) is 8.30. The highest BCUT2D eigenvalue weighted by molar-refractivity contribution is 6.52. The van der Waals surface area contributed by atoms with Gasteiger partial charge in [0.05, 0.1) is 23.5 Å². The molecule has 0 aliphatic carbocycles. The Morgan fingerprint density at radius 3 is 2.41 bits per heavy atom. The van der Waals surface area contributed by atoms with Gasteiger partial charge in [0.15, 0.2) is 0 Å².